The van der Waals surface area contributed by atoms with E-state index in [2.05, 4.69) is 5.38 Å². The number of para-hydroxylation sites is 1. The number of aromatic nitrogens is 1. The first kappa shape index (κ1) is 18.7. The quantitative estimate of drug-likeness (QED) is 0.778. The van der Waals surface area contributed by atoms with Gasteiger partial charge in [0.15, 0.2) is 11.5 Å². The zero-order valence-electron chi connectivity index (χ0n) is 15.4. The van der Waals surface area contributed by atoms with Crippen LogP contribution in [0.15, 0.2) is 23.6 Å². The van der Waals surface area contributed by atoms with Crippen molar-refractivity contribution in [3.63, 3.8) is 0 Å². The van der Waals surface area contributed by atoms with E-state index >= 15 is 0 Å². The highest BCUT2D eigenvalue weighted by Gasteiger charge is 2.28. The summed E-state index contributed by atoms with van der Waals surface area (Å²) >= 11 is 1.61. The van der Waals surface area contributed by atoms with Crippen LogP contribution in [0, 0.1) is 5.92 Å². The van der Waals surface area contributed by atoms with Crippen molar-refractivity contribution in [1.29, 1.82) is 0 Å². The maximum Gasteiger partial charge on any atom is 0.309 e. The third-order valence-corrected chi connectivity index (χ3v) is 5.77. The van der Waals surface area contributed by atoms with Crippen LogP contribution in [0.2, 0.25) is 0 Å². The van der Waals surface area contributed by atoms with Gasteiger partial charge in [0.2, 0.25) is 0 Å². The van der Waals surface area contributed by atoms with Crippen LogP contribution in [0.1, 0.15) is 18.5 Å². The Morgan fingerprint density at radius 3 is 2.65 bits per heavy atom. The molecule has 0 amide bonds. The van der Waals surface area contributed by atoms with E-state index in [0.717, 1.165) is 48.7 Å². The molecule has 0 radical (unpaired) electrons. The third-order valence-electron chi connectivity index (χ3n) is 4.84. The van der Waals surface area contributed by atoms with Crippen LogP contribution in [0.4, 0.5) is 0 Å². The summed E-state index contributed by atoms with van der Waals surface area (Å²) in [5.41, 5.74) is 2.02. The zero-order valence-corrected chi connectivity index (χ0v) is 16.2. The number of hydrogen-bond donors (Lipinski definition) is 1. The summed E-state index contributed by atoms with van der Waals surface area (Å²) in [5.74, 6) is 1.39. The van der Waals surface area contributed by atoms with Gasteiger partial charge in [0.25, 0.3) is 0 Å². The van der Waals surface area contributed by atoms with Gasteiger partial charge in [-0.05, 0) is 12.1 Å². The van der Waals surface area contributed by atoms with Gasteiger partial charge >= 0.3 is 5.97 Å². The molecule has 2 aromatic rings. The zero-order chi connectivity index (χ0) is 18.5. The molecular formula is C19H25N2O4S+. The Balaban J connectivity index is 1.67. The minimum Gasteiger partial charge on any atom is -0.493 e. The second-order valence-electron chi connectivity index (χ2n) is 6.41. The van der Waals surface area contributed by atoms with Crippen molar-refractivity contribution in [1.82, 2.24) is 4.98 Å². The molecule has 26 heavy (non-hydrogen) atoms. The summed E-state index contributed by atoms with van der Waals surface area (Å²) in [6, 6.07) is 5.83. The molecule has 0 aliphatic carbocycles. The molecule has 0 saturated carbocycles. The van der Waals surface area contributed by atoms with Crippen LogP contribution in [-0.4, -0.2) is 45.4 Å². The average Bonchev–Trinajstić information content (AvgIpc) is 3.15. The fraction of sp³-hybridized carbons (Fsp3) is 0.474. The second kappa shape index (κ2) is 8.51. The van der Waals surface area contributed by atoms with Gasteiger partial charge in [-0.15, -0.1) is 11.3 Å². The molecule has 1 fully saturated rings. The molecule has 0 bridgehead atoms. The van der Waals surface area contributed by atoms with Gasteiger partial charge in [-0.25, -0.2) is 4.98 Å². The number of rotatable bonds is 6. The number of quaternary nitrogens is 1. The van der Waals surface area contributed by atoms with E-state index in [9.17, 15) is 4.79 Å². The first-order valence-corrected chi connectivity index (χ1v) is 9.61. The molecule has 1 aliphatic rings. The van der Waals surface area contributed by atoms with Crippen LogP contribution in [0.3, 0.4) is 0 Å². The molecule has 7 heteroatoms. The highest BCUT2D eigenvalue weighted by Crippen LogP contribution is 2.38. The first-order valence-electron chi connectivity index (χ1n) is 8.73. The number of likely N-dealkylation sites (tertiary alicyclic amines) is 1. The van der Waals surface area contributed by atoms with Gasteiger partial charge < -0.3 is 19.1 Å². The van der Waals surface area contributed by atoms with Crippen molar-refractivity contribution in [2.24, 2.45) is 5.92 Å². The van der Waals surface area contributed by atoms with Gasteiger partial charge in [-0.3, -0.25) is 4.79 Å². The van der Waals surface area contributed by atoms with Gasteiger partial charge in [-0.1, -0.05) is 6.07 Å². The van der Waals surface area contributed by atoms with E-state index in [1.165, 1.54) is 12.0 Å². The van der Waals surface area contributed by atoms with Crippen molar-refractivity contribution in [3.05, 3.63) is 29.3 Å². The van der Waals surface area contributed by atoms with E-state index < -0.39 is 0 Å². The molecule has 1 aromatic heterocycles. The Hall–Kier alpha value is -2.12. The lowest BCUT2D eigenvalue weighted by atomic mass is 9.97. The minimum absolute atomic E-state index is 0.0517. The molecule has 1 aromatic carbocycles. The number of thiazole rings is 1. The molecule has 0 spiro atoms. The normalized spacial score (nSPS) is 19.8. The Morgan fingerprint density at radius 2 is 2.00 bits per heavy atom. The molecule has 3 rings (SSSR count). The van der Waals surface area contributed by atoms with Crippen LogP contribution >= 0.6 is 11.3 Å². The molecule has 1 aliphatic heterocycles. The smallest absolute Gasteiger partial charge is 0.309 e. The van der Waals surface area contributed by atoms with Gasteiger partial charge in [-0.2, -0.15) is 0 Å². The largest absolute Gasteiger partial charge is 0.493 e. The van der Waals surface area contributed by atoms with Crippen molar-refractivity contribution < 1.29 is 23.9 Å². The molecule has 140 valence electrons. The molecule has 2 heterocycles. The first-order chi connectivity index (χ1) is 12.7. The summed E-state index contributed by atoms with van der Waals surface area (Å²) in [5, 5.41) is 3.03. The fourth-order valence-electron chi connectivity index (χ4n) is 3.43. The predicted molar refractivity (Wildman–Crippen MR) is 99.8 cm³/mol. The number of nitrogens with one attached hydrogen (secondary N) is 1. The topological polar surface area (TPSA) is 62.1 Å². The van der Waals surface area contributed by atoms with Crippen molar-refractivity contribution >= 4 is 17.3 Å². The summed E-state index contributed by atoms with van der Waals surface area (Å²) in [6.45, 7) is 2.81. The summed E-state index contributed by atoms with van der Waals surface area (Å²) < 4.78 is 15.7. The molecular weight excluding hydrogens is 352 g/mol. The summed E-state index contributed by atoms with van der Waals surface area (Å²) in [6.07, 6.45) is 1.76. The van der Waals surface area contributed by atoms with Crippen molar-refractivity contribution in [2.75, 3.05) is 34.4 Å². The van der Waals surface area contributed by atoms with Gasteiger partial charge in [0.1, 0.15) is 17.2 Å². The Labute approximate surface area is 157 Å². The Kier molecular flexibility index (Phi) is 6.11. The van der Waals surface area contributed by atoms with Crippen molar-refractivity contribution in [2.45, 2.75) is 19.4 Å². The molecule has 1 saturated heterocycles. The third kappa shape index (κ3) is 3.99. The number of ether oxygens (including phenoxy) is 3. The number of carbonyl (C=O) groups excluding carboxylic acids is 1. The van der Waals surface area contributed by atoms with Gasteiger partial charge in [0, 0.05) is 18.2 Å². The average molecular weight is 377 g/mol. The molecule has 0 atom stereocenters. The fourth-order valence-corrected chi connectivity index (χ4v) is 4.27. The van der Waals surface area contributed by atoms with E-state index in [0.29, 0.717) is 11.5 Å². The predicted octanol–water partition coefficient (Wildman–Crippen LogP) is 1.80. The van der Waals surface area contributed by atoms with Crippen molar-refractivity contribution in [3.8, 4) is 22.1 Å². The standard InChI is InChI=1S/C19H24N2O4S/c1-23-16-6-4-5-15(17(16)24-2)18-20-14(12-26-18)11-21-9-7-13(8-10-21)19(22)25-3/h4-6,12-13H,7-11H2,1-3H3/p+1. The minimum atomic E-state index is -0.0786. The number of methoxy groups -OCH3 is 3. The van der Waals surface area contributed by atoms with E-state index in [-0.39, 0.29) is 11.9 Å². The van der Waals surface area contributed by atoms with E-state index in [4.69, 9.17) is 19.2 Å². The number of hydrogen-bond acceptors (Lipinski definition) is 6. The summed E-state index contributed by atoms with van der Waals surface area (Å²) in [7, 11) is 4.74. The molecule has 6 nitrogen and oxygen atoms in total. The maximum absolute atomic E-state index is 11.6. The van der Waals surface area contributed by atoms with Crippen LogP contribution < -0.4 is 14.4 Å². The van der Waals surface area contributed by atoms with Crippen LogP contribution in [0.5, 0.6) is 11.5 Å². The SMILES string of the molecule is COC(=O)C1CC[NH+](Cc2csc(-c3cccc(OC)c3OC)n2)CC1. The number of piperidine rings is 1. The molecule has 0 unspecified atom stereocenters. The van der Waals surface area contributed by atoms with Crippen LogP contribution in [-0.2, 0) is 16.1 Å². The van der Waals surface area contributed by atoms with E-state index in [1.54, 1.807) is 25.6 Å². The van der Waals surface area contributed by atoms with Gasteiger partial charge in [0.05, 0.1) is 45.9 Å². The Morgan fingerprint density at radius 1 is 1.23 bits per heavy atom. The molecule has 1 N–H and O–H groups in total. The number of nitrogens with zero attached hydrogens (tertiary/aromatic N) is 1. The Bertz CT molecular complexity index is 754. The summed E-state index contributed by atoms with van der Waals surface area (Å²) in [4.78, 5) is 17.9. The van der Waals surface area contributed by atoms with E-state index in [1.807, 2.05) is 18.2 Å². The highest BCUT2D eigenvalue weighted by molar-refractivity contribution is 7.13. The number of benzene rings is 1. The monoisotopic (exact) mass is 377 g/mol. The second-order valence-corrected chi connectivity index (χ2v) is 7.27. The lowest BCUT2D eigenvalue weighted by molar-refractivity contribution is -0.919. The number of carbonyl (C=O) groups is 1. The number of esters is 1. The lowest BCUT2D eigenvalue weighted by Crippen LogP contribution is -3.11. The van der Waals surface area contributed by atoms with Crippen LogP contribution in [0.25, 0.3) is 10.6 Å². The highest BCUT2D eigenvalue weighted by atomic mass is 32.1. The maximum atomic E-state index is 11.6. The lowest BCUT2D eigenvalue weighted by Gasteiger charge is -2.27.